The average Bonchev–Trinajstić information content (AvgIpc) is 2.62. The molecule has 2 aromatic carbocycles. The smallest absolute Gasteiger partial charge is 0.0629 e. The second-order valence-corrected chi connectivity index (χ2v) is 6.44. The molecule has 0 saturated heterocycles. The third kappa shape index (κ3) is 5.33. The molecular weight excluding hydrogens is 328 g/mol. The summed E-state index contributed by atoms with van der Waals surface area (Å²) in [5, 5.41) is 3.42. The topological polar surface area (TPSA) is 24.4 Å². The van der Waals surface area contributed by atoms with Gasteiger partial charge < -0.3 is 5.32 Å². The van der Waals surface area contributed by atoms with Crippen LogP contribution in [0.5, 0.6) is 0 Å². The molecule has 0 aliphatic heterocycles. The summed E-state index contributed by atoms with van der Waals surface area (Å²) in [6.45, 7) is 4.51. The molecule has 130 valence electrons. The van der Waals surface area contributed by atoms with Gasteiger partial charge in [-0.25, -0.2) is 0 Å². The summed E-state index contributed by atoms with van der Waals surface area (Å²) in [6.07, 6.45) is 6.38. The Labute approximate surface area is 156 Å². The van der Waals surface area contributed by atoms with Gasteiger partial charge >= 0.3 is 0 Å². The van der Waals surface area contributed by atoms with Gasteiger partial charge in [0.15, 0.2) is 0 Å². The van der Waals surface area contributed by atoms with Crippen LogP contribution in [0.25, 0.3) is 0 Å². The van der Waals surface area contributed by atoms with E-state index in [4.69, 9.17) is 0 Å². The third-order valence-corrected chi connectivity index (χ3v) is 4.41. The van der Waals surface area contributed by atoms with E-state index in [2.05, 4.69) is 42.5 Å². The molecule has 3 heteroatoms. The quantitative estimate of drug-likeness (QED) is 0.619. The van der Waals surface area contributed by atoms with Crippen LogP contribution in [0.1, 0.15) is 26.7 Å². The summed E-state index contributed by atoms with van der Waals surface area (Å²) in [7, 11) is 0. The monoisotopic (exact) mass is 352 g/mol. The summed E-state index contributed by atoms with van der Waals surface area (Å²) in [5.74, 6) is 0.634. The van der Waals surface area contributed by atoms with E-state index in [1.54, 1.807) is 0 Å². The van der Waals surface area contributed by atoms with Gasteiger partial charge in [0.25, 0.3) is 0 Å². The van der Waals surface area contributed by atoms with Gasteiger partial charge in [0.05, 0.1) is 5.69 Å². The van der Waals surface area contributed by atoms with Crippen LogP contribution in [0.2, 0.25) is 0 Å². The molecule has 0 heterocycles. The third-order valence-electron chi connectivity index (χ3n) is 4.41. The Bertz CT molecular complexity index is 761. The van der Waals surface area contributed by atoms with Crippen LogP contribution in [-0.2, 0) is 0 Å². The van der Waals surface area contributed by atoms with Crippen molar-refractivity contribution >= 4 is 30.0 Å². The van der Waals surface area contributed by atoms with Crippen LogP contribution in [0.4, 0.5) is 11.4 Å². The van der Waals surface area contributed by atoms with Gasteiger partial charge in [0.1, 0.15) is 0 Å². The molecule has 0 spiro atoms. The number of anilines is 1. The molecule has 0 amide bonds. The van der Waals surface area contributed by atoms with Gasteiger partial charge in [-0.05, 0) is 66.7 Å². The van der Waals surface area contributed by atoms with E-state index in [-0.39, 0.29) is 12.4 Å². The zero-order valence-electron chi connectivity index (χ0n) is 14.8. The molecule has 1 unspecified atom stereocenters. The van der Waals surface area contributed by atoms with Crippen molar-refractivity contribution in [1.29, 1.82) is 0 Å². The van der Waals surface area contributed by atoms with E-state index in [1.165, 1.54) is 16.7 Å². The first-order valence-corrected chi connectivity index (χ1v) is 8.52. The Morgan fingerprint density at radius 1 is 0.960 bits per heavy atom. The van der Waals surface area contributed by atoms with Crippen molar-refractivity contribution < 1.29 is 0 Å². The van der Waals surface area contributed by atoms with Crippen LogP contribution >= 0.6 is 12.4 Å². The lowest BCUT2D eigenvalue weighted by atomic mass is 9.82. The number of nitrogens with one attached hydrogen (secondary N) is 1. The first-order chi connectivity index (χ1) is 11.7. The number of hydrogen-bond donors (Lipinski definition) is 1. The maximum atomic E-state index is 4.64. The Balaban J connectivity index is 0.00000225. The molecule has 1 N–H and O–H groups in total. The van der Waals surface area contributed by atoms with Crippen molar-refractivity contribution in [1.82, 2.24) is 0 Å². The van der Waals surface area contributed by atoms with Crippen molar-refractivity contribution in [3.8, 4) is 0 Å². The SMILES string of the molecule is CC1=C(C=Nc2ccccc2)CC(C)C/C1=C\Nc1ccccc1.Cl. The minimum absolute atomic E-state index is 0. The van der Waals surface area contributed by atoms with E-state index >= 15 is 0 Å². The predicted molar refractivity (Wildman–Crippen MR) is 111 cm³/mol. The minimum Gasteiger partial charge on any atom is -0.361 e. The van der Waals surface area contributed by atoms with Gasteiger partial charge in [-0.3, -0.25) is 4.99 Å². The molecule has 2 aromatic rings. The number of para-hydroxylation sites is 2. The van der Waals surface area contributed by atoms with Crippen molar-refractivity contribution in [3.05, 3.63) is 83.6 Å². The number of rotatable bonds is 4. The summed E-state index contributed by atoms with van der Waals surface area (Å²) in [6, 6.07) is 20.4. The first-order valence-electron chi connectivity index (χ1n) is 8.52. The molecule has 1 aliphatic rings. The fourth-order valence-corrected chi connectivity index (χ4v) is 3.02. The zero-order valence-corrected chi connectivity index (χ0v) is 15.6. The van der Waals surface area contributed by atoms with Gasteiger partial charge in [0, 0.05) is 18.1 Å². The number of aliphatic imine (C=N–C) groups is 1. The van der Waals surface area contributed by atoms with Crippen molar-refractivity contribution in [2.24, 2.45) is 10.9 Å². The first kappa shape index (κ1) is 19.0. The molecule has 0 aromatic heterocycles. The lowest BCUT2D eigenvalue weighted by Gasteiger charge is -2.24. The molecule has 0 fully saturated rings. The van der Waals surface area contributed by atoms with E-state index in [9.17, 15) is 0 Å². The molecule has 2 nitrogen and oxygen atoms in total. The maximum absolute atomic E-state index is 4.64. The van der Waals surface area contributed by atoms with E-state index < -0.39 is 0 Å². The second kappa shape index (κ2) is 9.24. The summed E-state index contributed by atoms with van der Waals surface area (Å²) < 4.78 is 0. The lowest BCUT2D eigenvalue weighted by Crippen LogP contribution is -2.11. The van der Waals surface area contributed by atoms with Crippen molar-refractivity contribution in [3.63, 3.8) is 0 Å². The molecule has 0 radical (unpaired) electrons. The standard InChI is InChI=1S/C22H24N2.ClH/c1-17-13-19(15-23-21-9-5-3-6-10-21)18(2)20(14-17)16-24-22-11-7-4-8-12-22;/h3-12,15-17,23H,13-14H2,1-2H3;1H/b19-15+,24-16?;. The Kier molecular flexibility index (Phi) is 7.03. The number of benzene rings is 2. The highest BCUT2D eigenvalue weighted by Gasteiger charge is 2.18. The van der Waals surface area contributed by atoms with Gasteiger partial charge in [0.2, 0.25) is 0 Å². The average molecular weight is 353 g/mol. The Morgan fingerprint density at radius 3 is 2.28 bits per heavy atom. The highest BCUT2D eigenvalue weighted by atomic mass is 35.5. The van der Waals surface area contributed by atoms with Gasteiger partial charge in [-0.2, -0.15) is 0 Å². The molecule has 25 heavy (non-hydrogen) atoms. The van der Waals surface area contributed by atoms with Gasteiger partial charge in [-0.1, -0.05) is 43.3 Å². The van der Waals surface area contributed by atoms with Crippen molar-refractivity contribution in [2.45, 2.75) is 26.7 Å². The molecule has 0 bridgehead atoms. The van der Waals surface area contributed by atoms with Gasteiger partial charge in [-0.15, -0.1) is 12.4 Å². The molecule has 1 aliphatic carbocycles. The second-order valence-electron chi connectivity index (χ2n) is 6.44. The Morgan fingerprint density at radius 2 is 1.60 bits per heavy atom. The number of halogens is 1. The van der Waals surface area contributed by atoms with Crippen LogP contribution in [0.3, 0.4) is 0 Å². The fourth-order valence-electron chi connectivity index (χ4n) is 3.02. The van der Waals surface area contributed by atoms with Crippen molar-refractivity contribution in [2.75, 3.05) is 5.32 Å². The molecule has 1 atom stereocenters. The van der Waals surface area contributed by atoms with E-state index in [0.29, 0.717) is 5.92 Å². The highest BCUT2D eigenvalue weighted by molar-refractivity contribution is 5.85. The minimum atomic E-state index is 0. The normalized spacial score (nSPS) is 19.1. The van der Waals surface area contributed by atoms with Crippen LogP contribution in [0, 0.1) is 5.92 Å². The number of nitrogens with zero attached hydrogens (tertiary/aromatic N) is 1. The van der Waals surface area contributed by atoms with Crippen LogP contribution in [-0.4, -0.2) is 6.21 Å². The largest absolute Gasteiger partial charge is 0.361 e. The van der Waals surface area contributed by atoms with E-state index in [1.807, 2.05) is 54.7 Å². The predicted octanol–water partition coefficient (Wildman–Crippen LogP) is 6.55. The number of hydrogen-bond acceptors (Lipinski definition) is 2. The highest BCUT2D eigenvalue weighted by Crippen LogP contribution is 2.32. The molecule has 3 rings (SSSR count). The number of allylic oxidation sites excluding steroid dienone is 3. The van der Waals surface area contributed by atoms with Crippen LogP contribution in [0.15, 0.2) is 88.6 Å². The lowest BCUT2D eigenvalue weighted by molar-refractivity contribution is 0.562. The van der Waals surface area contributed by atoms with Crippen LogP contribution < -0.4 is 5.32 Å². The zero-order chi connectivity index (χ0) is 16.8. The fraction of sp³-hybridized carbons (Fsp3) is 0.227. The summed E-state index contributed by atoms with van der Waals surface area (Å²) in [4.78, 5) is 4.64. The summed E-state index contributed by atoms with van der Waals surface area (Å²) >= 11 is 0. The molecule has 0 saturated carbocycles. The summed E-state index contributed by atoms with van der Waals surface area (Å²) in [5.41, 5.74) is 6.17. The maximum Gasteiger partial charge on any atom is 0.0629 e. The Hall–Kier alpha value is -2.32. The molecular formula is C22H25ClN2. The van der Waals surface area contributed by atoms with E-state index in [0.717, 1.165) is 24.2 Å².